The normalized spacial score (nSPS) is 11.8. The first-order valence-electron chi connectivity index (χ1n) is 9.82. The Morgan fingerprint density at radius 1 is 1.07 bits per heavy atom. The molecule has 3 aromatic rings. The first-order chi connectivity index (χ1) is 14.1. The second kappa shape index (κ2) is 9.69. The van der Waals surface area contributed by atoms with Crippen LogP contribution in [-0.2, 0) is 6.54 Å². The Hall–Kier alpha value is -3.40. The summed E-state index contributed by atoms with van der Waals surface area (Å²) < 4.78 is 1.82. The molecule has 1 aromatic heterocycles. The lowest BCUT2D eigenvalue weighted by Gasteiger charge is -2.23. The highest BCUT2D eigenvalue weighted by Gasteiger charge is 2.21. The van der Waals surface area contributed by atoms with E-state index in [-0.39, 0.29) is 5.91 Å². The molecule has 4 heteroatoms. The van der Waals surface area contributed by atoms with E-state index in [9.17, 15) is 4.79 Å². The summed E-state index contributed by atoms with van der Waals surface area (Å²) in [4.78, 5) is 15.3. The standard InChI is InChI=1S/C25H27N3O/c1-4-5-12-20(2)18-27(19-22-13-8-6-9-14-22)25(29)24-17-26-28(21(24)3)23-15-10-7-11-16-23/h4-17H,18-19H2,1-3H3. The van der Waals surface area contributed by atoms with Crippen LogP contribution in [0.5, 0.6) is 0 Å². The number of nitrogens with zero attached hydrogens (tertiary/aromatic N) is 3. The summed E-state index contributed by atoms with van der Waals surface area (Å²) in [5.74, 6) is -0.0123. The van der Waals surface area contributed by atoms with Crippen LogP contribution in [0.4, 0.5) is 0 Å². The van der Waals surface area contributed by atoms with Crippen LogP contribution in [0.25, 0.3) is 5.69 Å². The Bertz CT molecular complexity index is 1000. The zero-order valence-corrected chi connectivity index (χ0v) is 17.2. The van der Waals surface area contributed by atoms with Gasteiger partial charge in [0.2, 0.25) is 0 Å². The number of benzene rings is 2. The third kappa shape index (κ3) is 5.11. The van der Waals surface area contributed by atoms with Crippen molar-refractivity contribution in [3.8, 4) is 5.69 Å². The fourth-order valence-corrected chi connectivity index (χ4v) is 3.24. The van der Waals surface area contributed by atoms with Crippen LogP contribution < -0.4 is 0 Å². The molecule has 0 aliphatic rings. The zero-order chi connectivity index (χ0) is 20.6. The van der Waals surface area contributed by atoms with Crippen molar-refractivity contribution in [3.63, 3.8) is 0 Å². The van der Waals surface area contributed by atoms with E-state index in [0.717, 1.165) is 22.5 Å². The van der Waals surface area contributed by atoms with Gasteiger partial charge in [-0.3, -0.25) is 4.79 Å². The molecule has 0 aliphatic heterocycles. The Kier molecular flexibility index (Phi) is 6.80. The fraction of sp³-hybridized carbons (Fsp3) is 0.200. The molecule has 3 rings (SSSR count). The minimum Gasteiger partial charge on any atom is -0.330 e. The molecule has 2 aromatic carbocycles. The van der Waals surface area contributed by atoms with Crippen molar-refractivity contribution < 1.29 is 4.79 Å². The van der Waals surface area contributed by atoms with Crippen LogP contribution >= 0.6 is 0 Å². The van der Waals surface area contributed by atoms with Gasteiger partial charge in [-0.25, -0.2) is 4.68 Å². The van der Waals surface area contributed by atoms with Gasteiger partial charge in [-0.05, 0) is 38.5 Å². The lowest BCUT2D eigenvalue weighted by atomic mass is 10.1. The van der Waals surface area contributed by atoms with E-state index in [2.05, 4.69) is 5.10 Å². The molecule has 1 heterocycles. The number of amides is 1. The summed E-state index contributed by atoms with van der Waals surface area (Å²) in [5, 5.41) is 4.47. The van der Waals surface area contributed by atoms with Crippen LogP contribution in [-0.4, -0.2) is 27.1 Å². The SMILES string of the molecule is CC=CC=C(C)CN(Cc1ccccc1)C(=O)c1cnn(-c2ccccc2)c1C. The maximum absolute atomic E-state index is 13.5. The molecule has 0 bridgehead atoms. The Morgan fingerprint density at radius 3 is 2.38 bits per heavy atom. The van der Waals surface area contributed by atoms with E-state index < -0.39 is 0 Å². The number of para-hydroxylation sites is 1. The summed E-state index contributed by atoms with van der Waals surface area (Å²) in [7, 11) is 0. The average Bonchev–Trinajstić information content (AvgIpc) is 3.14. The van der Waals surface area contributed by atoms with Gasteiger partial charge >= 0.3 is 0 Å². The molecule has 0 aliphatic carbocycles. The van der Waals surface area contributed by atoms with Crippen LogP contribution in [0.15, 0.2) is 90.7 Å². The lowest BCUT2D eigenvalue weighted by molar-refractivity contribution is 0.0757. The highest BCUT2D eigenvalue weighted by atomic mass is 16.2. The van der Waals surface area contributed by atoms with Crippen molar-refractivity contribution in [2.75, 3.05) is 6.54 Å². The van der Waals surface area contributed by atoms with Gasteiger partial charge in [0.15, 0.2) is 0 Å². The van der Waals surface area contributed by atoms with Crippen molar-refractivity contribution in [2.24, 2.45) is 0 Å². The van der Waals surface area contributed by atoms with Crippen molar-refractivity contribution in [1.29, 1.82) is 0 Å². The van der Waals surface area contributed by atoms with E-state index in [1.54, 1.807) is 6.20 Å². The third-order valence-corrected chi connectivity index (χ3v) is 4.76. The molecule has 0 fully saturated rings. The van der Waals surface area contributed by atoms with Gasteiger partial charge in [0, 0.05) is 13.1 Å². The minimum absolute atomic E-state index is 0.0123. The molecule has 148 valence electrons. The molecule has 1 amide bonds. The van der Waals surface area contributed by atoms with E-state index in [0.29, 0.717) is 18.7 Å². The minimum atomic E-state index is -0.0123. The Morgan fingerprint density at radius 2 is 1.72 bits per heavy atom. The number of carbonyl (C=O) groups is 1. The first kappa shape index (κ1) is 20.3. The third-order valence-electron chi connectivity index (χ3n) is 4.76. The second-order valence-electron chi connectivity index (χ2n) is 7.08. The monoisotopic (exact) mass is 385 g/mol. The molecule has 0 radical (unpaired) electrons. The molecule has 0 atom stereocenters. The van der Waals surface area contributed by atoms with Gasteiger partial charge in [0.1, 0.15) is 0 Å². The molecule has 0 saturated heterocycles. The van der Waals surface area contributed by atoms with Crippen molar-refractivity contribution in [2.45, 2.75) is 27.3 Å². The van der Waals surface area contributed by atoms with Crippen LogP contribution in [0.1, 0.15) is 35.5 Å². The number of hydrogen-bond acceptors (Lipinski definition) is 2. The predicted molar refractivity (Wildman–Crippen MR) is 118 cm³/mol. The van der Waals surface area contributed by atoms with Gasteiger partial charge in [-0.1, -0.05) is 72.3 Å². The molecule has 29 heavy (non-hydrogen) atoms. The summed E-state index contributed by atoms with van der Waals surface area (Å²) in [6, 6.07) is 20.0. The van der Waals surface area contributed by atoms with Gasteiger partial charge < -0.3 is 4.90 Å². The first-order valence-corrected chi connectivity index (χ1v) is 9.82. The lowest BCUT2D eigenvalue weighted by Crippen LogP contribution is -2.32. The highest BCUT2D eigenvalue weighted by molar-refractivity contribution is 5.95. The highest BCUT2D eigenvalue weighted by Crippen LogP contribution is 2.18. The topological polar surface area (TPSA) is 38.1 Å². The van der Waals surface area contributed by atoms with Gasteiger partial charge in [-0.2, -0.15) is 5.10 Å². The smallest absolute Gasteiger partial charge is 0.257 e. The molecule has 0 spiro atoms. The van der Waals surface area contributed by atoms with E-state index in [4.69, 9.17) is 0 Å². The average molecular weight is 386 g/mol. The number of allylic oxidation sites excluding steroid dienone is 3. The summed E-state index contributed by atoms with van der Waals surface area (Å²) in [6.45, 7) is 7.09. The van der Waals surface area contributed by atoms with E-state index in [1.807, 2.05) is 109 Å². The molecular formula is C25H27N3O. The Balaban J connectivity index is 1.91. The molecule has 0 saturated carbocycles. The van der Waals surface area contributed by atoms with Crippen LogP contribution in [0.2, 0.25) is 0 Å². The number of rotatable bonds is 7. The van der Waals surface area contributed by atoms with Crippen LogP contribution in [0.3, 0.4) is 0 Å². The fourth-order valence-electron chi connectivity index (χ4n) is 3.24. The molecule has 0 unspecified atom stereocenters. The van der Waals surface area contributed by atoms with Crippen LogP contribution in [0, 0.1) is 6.92 Å². The molecule has 4 nitrogen and oxygen atoms in total. The number of carbonyl (C=O) groups excluding carboxylic acids is 1. The molecular weight excluding hydrogens is 358 g/mol. The number of aromatic nitrogens is 2. The molecule has 0 N–H and O–H groups in total. The predicted octanol–water partition coefficient (Wildman–Crippen LogP) is 5.35. The van der Waals surface area contributed by atoms with Gasteiger partial charge in [0.05, 0.1) is 23.1 Å². The van der Waals surface area contributed by atoms with Gasteiger partial charge in [-0.15, -0.1) is 0 Å². The summed E-state index contributed by atoms with van der Waals surface area (Å²) in [6.07, 6.45) is 7.71. The summed E-state index contributed by atoms with van der Waals surface area (Å²) >= 11 is 0. The number of hydrogen-bond donors (Lipinski definition) is 0. The van der Waals surface area contributed by atoms with Crippen molar-refractivity contribution in [1.82, 2.24) is 14.7 Å². The van der Waals surface area contributed by atoms with Gasteiger partial charge in [0.25, 0.3) is 5.91 Å². The van der Waals surface area contributed by atoms with Crippen molar-refractivity contribution >= 4 is 5.91 Å². The zero-order valence-electron chi connectivity index (χ0n) is 17.2. The quantitative estimate of drug-likeness (QED) is 0.515. The maximum Gasteiger partial charge on any atom is 0.257 e. The van der Waals surface area contributed by atoms with Crippen molar-refractivity contribution in [3.05, 3.63) is 107 Å². The summed E-state index contributed by atoms with van der Waals surface area (Å²) in [5.41, 5.74) is 4.65. The largest absolute Gasteiger partial charge is 0.330 e. The maximum atomic E-state index is 13.5. The Labute approximate surface area is 172 Å². The van der Waals surface area contributed by atoms with E-state index in [1.165, 1.54) is 0 Å². The van der Waals surface area contributed by atoms with E-state index >= 15 is 0 Å². The second-order valence-corrected chi connectivity index (χ2v) is 7.08.